The topological polar surface area (TPSA) is 33.2 Å². The highest BCUT2D eigenvalue weighted by Gasteiger charge is 2.22. The van der Waals surface area contributed by atoms with Crippen LogP contribution in [0.25, 0.3) is 0 Å². The number of aromatic nitrogens is 1. The van der Waals surface area contributed by atoms with Crippen molar-refractivity contribution in [2.24, 2.45) is 0 Å². The maximum Gasteiger partial charge on any atom is 0.186 e. The zero-order chi connectivity index (χ0) is 12.3. The second-order valence-corrected chi connectivity index (χ2v) is 6.54. The molecule has 0 N–H and O–H groups in total. The number of rotatable bonds is 4. The average molecular weight is 270 g/mol. The number of thiazole rings is 1. The van der Waals surface area contributed by atoms with Crippen molar-refractivity contribution in [3.63, 3.8) is 0 Å². The predicted octanol–water partition coefficient (Wildman–Crippen LogP) is 2.85. The Morgan fingerprint density at radius 3 is 2.94 bits per heavy atom. The Balaban J connectivity index is 2.15. The van der Waals surface area contributed by atoms with Gasteiger partial charge in [0.25, 0.3) is 0 Å². The van der Waals surface area contributed by atoms with E-state index < -0.39 is 0 Å². The highest BCUT2D eigenvalue weighted by molar-refractivity contribution is 8.00. The van der Waals surface area contributed by atoms with Crippen molar-refractivity contribution >= 4 is 34.5 Å². The molecule has 0 amide bonds. The number of hydrogen-bond donors (Lipinski definition) is 0. The fraction of sp³-hybridized carbons (Fsp3) is 0.667. The second kappa shape index (κ2) is 5.87. The molecule has 2 rings (SSSR count). The molecule has 1 aliphatic rings. The molecule has 1 atom stereocenters. The van der Waals surface area contributed by atoms with E-state index in [-0.39, 0.29) is 0 Å². The van der Waals surface area contributed by atoms with Gasteiger partial charge in [0.05, 0.1) is 10.6 Å². The normalized spacial score (nSPS) is 20.6. The highest BCUT2D eigenvalue weighted by Crippen LogP contribution is 2.30. The number of aryl methyl sites for hydroxylation is 1. The summed E-state index contributed by atoms with van der Waals surface area (Å²) in [4.78, 5) is 18.7. The standard InChI is InChI=1S/C12H18N2OS2/c1-3-9-7-14(5-6-16-9)12-13-10(4-2)11(8-15)17-12/h8-9H,3-7H2,1-2H3. The number of aldehydes is 1. The maximum absolute atomic E-state index is 11.0. The first-order valence-corrected chi connectivity index (χ1v) is 7.96. The van der Waals surface area contributed by atoms with Gasteiger partial charge >= 0.3 is 0 Å². The number of anilines is 1. The van der Waals surface area contributed by atoms with Crippen LogP contribution in [0.1, 0.15) is 35.6 Å². The van der Waals surface area contributed by atoms with Gasteiger partial charge in [-0.1, -0.05) is 25.2 Å². The Morgan fingerprint density at radius 1 is 1.53 bits per heavy atom. The van der Waals surface area contributed by atoms with E-state index >= 15 is 0 Å². The molecule has 0 bridgehead atoms. The molecule has 0 aliphatic carbocycles. The summed E-state index contributed by atoms with van der Waals surface area (Å²) in [5, 5.41) is 1.74. The average Bonchev–Trinajstić information content (AvgIpc) is 2.82. The zero-order valence-electron chi connectivity index (χ0n) is 10.3. The summed E-state index contributed by atoms with van der Waals surface area (Å²) in [5.41, 5.74) is 0.950. The van der Waals surface area contributed by atoms with Crippen molar-refractivity contribution < 1.29 is 4.79 Å². The van der Waals surface area contributed by atoms with Gasteiger partial charge in [-0.05, 0) is 12.8 Å². The lowest BCUT2D eigenvalue weighted by Gasteiger charge is -2.31. The van der Waals surface area contributed by atoms with E-state index in [4.69, 9.17) is 0 Å². The molecule has 0 aromatic carbocycles. The summed E-state index contributed by atoms with van der Waals surface area (Å²) >= 11 is 3.59. The van der Waals surface area contributed by atoms with E-state index in [9.17, 15) is 4.79 Å². The predicted molar refractivity (Wildman–Crippen MR) is 75.6 cm³/mol. The lowest BCUT2D eigenvalue weighted by molar-refractivity contribution is 0.112. The van der Waals surface area contributed by atoms with Crippen LogP contribution in [0.4, 0.5) is 5.13 Å². The van der Waals surface area contributed by atoms with Crippen LogP contribution in [0.2, 0.25) is 0 Å². The van der Waals surface area contributed by atoms with Crippen molar-refractivity contribution in [3.05, 3.63) is 10.6 Å². The van der Waals surface area contributed by atoms with E-state index in [0.717, 1.165) is 47.3 Å². The molecule has 1 aliphatic heterocycles. The van der Waals surface area contributed by atoms with Crippen LogP contribution >= 0.6 is 23.1 Å². The maximum atomic E-state index is 11.0. The minimum absolute atomic E-state index is 0.706. The molecule has 3 nitrogen and oxygen atoms in total. The summed E-state index contributed by atoms with van der Waals surface area (Å²) in [7, 11) is 0. The molecular formula is C12H18N2OS2. The number of carbonyl (C=O) groups excluding carboxylic acids is 1. The van der Waals surface area contributed by atoms with E-state index in [1.165, 1.54) is 6.42 Å². The van der Waals surface area contributed by atoms with E-state index in [1.807, 2.05) is 18.7 Å². The molecule has 2 heterocycles. The molecule has 17 heavy (non-hydrogen) atoms. The molecule has 0 radical (unpaired) electrons. The number of hydrogen-bond acceptors (Lipinski definition) is 5. The van der Waals surface area contributed by atoms with Crippen LogP contribution in [0.3, 0.4) is 0 Å². The first-order chi connectivity index (χ1) is 8.28. The molecule has 5 heteroatoms. The van der Waals surface area contributed by atoms with Crippen LogP contribution in [-0.2, 0) is 6.42 Å². The molecule has 0 saturated carbocycles. The summed E-state index contributed by atoms with van der Waals surface area (Å²) in [5.74, 6) is 1.16. The summed E-state index contributed by atoms with van der Waals surface area (Å²) in [6.07, 6.45) is 2.98. The fourth-order valence-corrected chi connectivity index (χ4v) is 4.15. The van der Waals surface area contributed by atoms with Crippen LogP contribution in [0.15, 0.2) is 0 Å². The van der Waals surface area contributed by atoms with Crippen molar-refractivity contribution in [3.8, 4) is 0 Å². The van der Waals surface area contributed by atoms with Crippen molar-refractivity contribution in [2.45, 2.75) is 31.9 Å². The smallest absolute Gasteiger partial charge is 0.186 e. The number of thioether (sulfide) groups is 1. The Bertz CT molecular complexity index is 392. The van der Waals surface area contributed by atoms with Crippen molar-refractivity contribution in [2.75, 3.05) is 23.7 Å². The number of carbonyl (C=O) groups is 1. The van der Waals surface area contributed by atoms with Gasteiger partial charge in [0.15, 0.2) is 11.4 Å². The molecule has 1 aromatic rings. The molecule has 94 valence electrons. The first kappa shape index (κ1) is 12.9. The summed E-state index contributed by atoms with van der Waals surface area (Å²) in [6, 6.07) is 0. The van der Waals surface area contributed by atoms with Crippen LogP contribution in [0.5, 0.6) is 0 Å². The van der Waals surface area contributed by atoms with Crippen LogP contribution < -0.4 is 4.90 Å². The quantitative estimate of drug-likeness (QED) is 0.788. The first-order valence-electron chi connectivity index (χ1n) is 6.09. The third-order valence-electron chi connectivity index (χ3n) is 3.02. The lowest BCUT2D eigenvalue weighted by Crippen LogP contribution is -2.37. The van der Waals surface area contributed by atoms with Gasteiger partial charge < -0.3 is 4.90 Å². The number of nitrogens with zero attached hydrogens (tertiary/aromatic N) is 2. The van der Waals surface area contributed by atoms with Gasteiger partial charge in [0.2, 0.25) is 0 Å². The molecule has 0 spiro atoms. The van der Waals surface area contributed by atoms with Crippen LogP contribution in [0, 0.1) is 0 Å². The highest BCUT2D eigenvalue weighted by atomic mass is 32.2. The minimum atomic E-state index is 0.706. The Morgan fingerprint density at radius 2 is 2.35 bits per heavy atom. The van der Waals surface area contributed by atoms with Crippen LogP contribution in [-0.4, -0.2) is 35.4 Å². The monoisotopic (exact) mass is 270 g/mol. The van der Waals surface area contributed by atoms with E-state index in [0.29, 0.717) is 5.25 Å². The largest absolute Gasteiger partial charge is 0.346 e. The summed E-state index contributed by atoms with van der Waals surface area (Å²) in [6.45, 7) is 6.40. The van der Waals surface area contributed by atoms with E-state index in [1.54, 1.807) is 11.3 Å². The molecule has 1 saturated heterocycles. The lowest BCUT2D eigenvalue weighted by atomic mass is 10.3. The third-order valence-corrected chi connectivity index (χ3v) is 5.48. The zero-order valence-corrected chi connectivity index (χ0v) is 11.9. The van der Waals surface area contributed by atoms with Gasteiger partial charge in [-0.15, -0.1) is 0 Å². The Labute approximate surface area is 111 Å². The molecule has 1 aromatic heterocycles. The van der Waals surface area contributed by atoms with Gasteiger partial charge in [-0.2, -0.15) is 11.8 Å². The third kappa shape index (κ3) is 2.83. The van der Waals surface area contributed by atoms with E-state index in [2.05, 4.69) is 16.8 Å². The fourth-order valence-electron chi connectivity index (χ4n) is 1.97. The van der Waals surface area contributed by atoms with Gasteiger partial charge in [0.1, 0.15) is 0 Å². The van der Waals surface area contributed by atoms with Gasteiger partial charge in [-0.25, -0.2) is 4.98 Å². The summed E-state index contributed by atoms with van der Waals surface area (Å²) < 4.78 is 0. The van der Waals surface area contributed by atoms with Gasteiger partial charge in [-0.3, -0.25) is 4.79 Å². The Kier molecular flexibility index (Phi) is 4.45. The Hall–Kier alpha value is -0.550. The molecule has 1 unspecified atom stereocenters. The van der Waals surface area contributed by atoms with Gasteiger partial charge in [0, 0.05) is 24.1 Å². The molecular weight excluding hydrogens is 252 g/mol. The van der Waals surface area contributed by atoms with Crippen molar-refractivity contribution in [1.82, 2.24) is 4.98 Å². The SMILES string of the molecule is CCc1nc(N2CCSC(CC)C2)sc1C=O. The van der Waals surface area contributed by atoms with Crippen molar-refractivity contribution in [1.29, 1.82) is 0 Å². The minimum Gasteiger partial charge on any atom is -0.346 e. The molecule has 1 fully saturated rings. The second-order valence-electron chi connectivity index (χ2n) is 4.13.